The van der Waals surface area contributed by atoms with Crippen molar-refractivity contribution in [1.29, 1.82) is 0 Å². The third kappa shape index (κ3) is 5.42. The van der Waals surface area contributed by atoms with Gasteiger partial charge in [0.1, 0.15) is 0 Å². The predicted molar refractivity (Wildman–Crippen MR) is 94.8 cm³/mol. The number of hydrogen-bond donors (Lipinski definition) is 4. The molecule has 3 atom stereocenters. The van der Waals surface area contributed by atoms with Gasteiger partial charge in [-0.15, -0.1) is 12.4 Å². The molecule has 2 rings (SSSR count). The fourth-order valence-corrected chi connectivity index (χ4v) is 3.68. The van der Waals surface area contributed by atoms with Gasteiger partial charge in [0.2, 0.25) is 15.9 Å². The molecule has 1 saturated heterocycles. The van der Waals surface area contributed by atoms with Crippen molar-refractivity contribution in [3.63, 3.8) is 0 Å². The highest BCUT2D eigenvalue weighted by Gasteiger charge is 2.28. The van der Waals surface area contributed by atoms with E-state index in [0.717, 1.165) is 0 Å². The lowest BCUT2D eigenvalue weighted by atomic mass is 10.2. The van der Waals surface area contributed by atoms with Crippen LogP contribution in [-0.4, -0.2) is 44.2 Å². The average Bonchev–Trinajstić information content (AvgIpc) is 2.93. The Morgan fingerprint density at radius 3 is 2.75 bits per heavy atom. The highest BCUT2D eigenvalue weighted by Crippen LogP contribution is 2.17. The first kappa shape index (κ1) is 20.9. The van der Waals surface area contributed by atoms with E-state index in [1.54, 1.807) is 19.1 Å². The molecule has 0 aliphatic carbocycles. The minimum absolute atomic E-state index is 0. The Hall–Kier alpha value is -1.19. The first-order valence-electron chi connectivity index (χ1n) is 7.66. The standard InChI is InChI=1S/C15H23N3O4S.ClH/c1-3-10(2)18-23(21,22)13-6-4-5-11(7-13)17-15(20)14-8-12(19)9-16-14;/h4-7,10,12,14,16,18-19H,3,8-9H2,1-2H3,(H,17,20);1H. The summed E-state index contributed by atoms with van der Waals surface area (Å²) in [5.74, 6) is -0.286. The zero-order chi connectivity index (χ0) is 17.0. The van der Waals surface area contributed by atoms with Crippen molar-refractivity contribution < 1.29 is 18.3 Å². The van der Waals surface area contributed by atoms with E-state index in [2.05, 4.69) is 15.4 Å². The maximum absolute atomic E-state index is 12.3. The zero-order valence-corrected chi connectivity index (χ0v) is 15.3. The molecule has 1 amide bonds. The van der Waals surface area contributed by atoms with Crippen LogP contribution in [0.4, 0.5) is 5.69 Å². The number of anilines is 1. The van der Waals surface area contributed by atoms with Crippen LogP contribution in [0, 0.1) is 0 Å². The Balaban J connectivity index is 0.00000288. The molecule has 0 radical (unpaired) electrons. The van der Waals surface area contributed by atoms with E-state index in [0.29, 0.717) is 25.1 Å². The quantitative estimate of drug-likeness (QED) is 0.587. The number of aliphatic hydroxyl groups is 1. The van der Waals surface area contributed by atoms with E-state index in [1.807, 2.05) is 6.92 Å². The van der Waals surface area contributed by atoms with Crippen LogP contribution >= 0.6 is 12.4 Å². The summed E-state index contributed by atoms with van der Waals surface area (Å²) < 4.78 is 27.1. The van der Waals surface area contributed by atoms with Crippen molar-refractivity contribution in [1.82, 2.24) is 10.0 Å². The Morgan fingerprint density at radius 2 is 2.17 bits per heavy atom. The Bertz CT molecular complexity index is 668. The number of nitrogens with one attached hydrogen (secondary N) is 3. The average molecular weight is 378 g/mol. The molecule has 1 aliphatic heterocycles. The molecule has 136 valence electrons. The van der Waals surface area contributed by atoms with Crippen molar-refractivity contribution in [2.24, 2.45) is 0 Å². The number of rotatable bonds is 6. The number of aliphatic hydroxyl groups excluding tert-OH is 1. The van der Waals surface area contributed by atoms with Gasteiger partial charge in [-0.2, -0.15) is 0 Å². The second-order valence-corrected chi connectivity index (χ2v) is 7.51. The van der Waals surface area contributed by atoms with Crippen LogP contribution in [0.15, 0.2) is 29.2 Å². The Labute approximate surface area is 148 Å². The molecular formula is C15H24ClN3O4S. The van der Waals surface area contributed by atoms with Crippen LogP contribution in [-0.2, 0) is 14.8 Å². The van der Waals surface area contributed by atoms with E-state index in [-0.39, 0.29) is 29.3 Å². The smallest absolute Gasteiger partial charge is 0.241 e. The summed E-state index contributed by atoms with van der Waals surface area (Å²) in [6.45, 7) is 4.07. The largest absolute Gasteiger partial charge is 0.392 e. The molecular weight excluding hydrogens is 354 g/mol. The minimum atomic E-state index is -3.61. The van der Waals surface area contributed by atoms with Gasteiger partial charge in [-0.3, -0.25) is 4.79 Å². The van der Waals surface area contributed by atoms with E-state index in [1.165, 1.54) is 12.1 Å². The third-order valence-electron chi connectivity index (χ3n) is 3.80. The molecule has 1 aromatic carbocycles. The number of carbonyl (C=O) groups excluding carboxylic acids is 1. The summed E-state index contributed by atoms with van der Waals surface area (Å²) in [6.07, 6.45) is 0.502. The number of amides is 1. The first-order valence-corrected chi connectivity index (χ1v) is 9.15. The van der Waals surface area contributed by atoms with Gasteiger partial charge in [0.15, 0.2) is 0 Å². The van der Waals surface area contributed by atoms with Gasteiger partial charge in [-0.05, 0) is 38.0 Å². The number of carbonyl (C=O) groups is 1. The SMILES string of the molecule is CCC(C)NS(=O)(=O)c1cccc(NC(=O)C2CC(O)CN2)c1.Cl. The van der Waals surface area contributed by atoms with E-state index in [4.69, 9.17) is 0 Å². The summed E-state index contributed by atoms with van der Waals surface area (Å²) in [4.78, 5) is 12.2. The normalized spacial score (nSPS) is 21.8. The van der Waals surface area contributed by atoms with E-state index in [9.17, 15) is 18.3 Å². The highest BCUT2D eigenvalue weighted by atomic mass is 35.5. The molecule has 4 N–H and O–H groups in total. The first-order chi connectivity index (χ1) is 10.8. The molecule has 3 unspecified atom stereocenters. The summed E-state index contributed by atoms with van der Waals surface area (Å²) >= 11 is 0. The van der Waals surface area contributed by atoms with Gasteiger partial charge >= 0.3 is 0 Å². The van der Waals surface area contributed by atoms with Crippen molar-refractivity contribution in [3.05, 3.63) is 24.3 Å². The minimum Gasteiger partial charge on any atom is -0.392 e. The van der Waals surface area contributed by atoms with Crippen LogP contribution in [0.25, 0.3) is 0 Å². The van der Waals surface area contributed by atoms with Crippen LogP contribution in [0.3, 0.4) is 0 Å². The summed E-state index contributed by atoms with van der Waals surface area (Å²) in [5.41, 5.74) is 0.408. The predicted octanol–water partition coefficient (Wildman–Crippen LogP) is 0.846. The van der Waals surface area contributed by atoms with Crippen LogP contribution < -0.4 is 15.4 Å². The second-order valence-electron chi connectivity index (χ2n) is 5.80. The topological polar surface area (TPSA) is 108 Å². The van der Waals surface area contributed by atoms with Gasteiger partial charge in [-0.1, -0.05) is 13.0 Å². The van der Waals surface area contributed by atoms with Crippen molar-refractivity contribution in [3.8, 4) is 0 Å². The molecule has 9 heteroatoms. The molecule has 0 spiro atoms. The summed E-state index contributed by atoms with van der Waals surface area (Å²) in [6, 6.07) is 5.49. The summed E-state index contributed by atoms with van der Waals surface area (Å²) in [7, 11) is -3.61. The summed E-state index contributed by atoms with van der Waals surface area (Å²) in [5, 5.41) is 15.0. The lowest BCUT2D eigenvalue weighted by Gasteiger charge is -2.14. The van der Waals surface area contributed by atoms with Crippen LogP contribution in [0.5, 0.6) is 0 Å². The van der Waals surface area contributed by atoms with Gasteiger partial charge < -0.3 is 15.7 Å². The van der Waals surface area contributed by atoms with Gasteiger partial charge in [0.25, 0.3) is 0 Å². The second kappa shape index (κ2) is 8.77. The lowest BCUT2D eigenvalue weighted by Crippen LogP contribution is -2.35. The number of halogens is 1. The monoisotopic (exact) mass is 377 g/mol. The number of hydrogen-bond acceptors (Lipinski definition) is 5. The molecule has 0 aromatic heterocycles. The van der Waals surface area contributed by atoms with Crippen molar-refractivity contribution >= 4 is 34.0 Å². The van der Waals surface area contributed by atoms with E-state index < -0.39 is 22.2 Å². The lowest BCUT2D eigenvalue weighted by molar-refractivity contribution is -0.117. The molecule has 1 aromatic rings. The van der Waals surface area contributed by atoms with Crippen molar-refractivity contribution in [2.75, 3.05) is 11.9 Å². The fraction of sp³-hybridized carbons (Fsp3) is 0.533. The number of benzene rings is 1. The molecule has 0 bridgehead atoms. The highest BCUT2D eigenvalue weighted by molar-refractivity contribution is 7.89. The Morgan fingerprint density at radius 1 is 1.46 bits per heavy atom. The Kier molecular flexibility index (Phi) is 7.62. The third-order valence-corrected chi connectivity index (χ3v) is 5.39. The van der Waals surface area contributed by atoms with Crippen molar-refractivity contribution in [2.45, 2.75) is 49.8 Å². The van der Waals surface area contributed by atoms with Gasteiger partial charge in [0.05, 0.1) is 17.0 Å². The van der Waals surface area contributed by atoms with Crippen LogP contribution in [0.2, 0.25) is 0 Å². The number of sulfonamides is 1. The molecule has 24 heavy (non-hydrogen) atoms. The molecule has 0 saturated carbocycles. The molecule has 7 nitrogen and oxygen atoms in total. The molecule has 1 heterocycles. The number of β-amino-alcohol motifs (C(OH)–C–C–N with tert-alkyl or cyclic N) is 1. The van der Waals surface area contributed by atoms with Gasteiger partial charge in [-0.25, -0.2) is 13.1 Å². The van der Waals surface area contributed by atoms with E-state index >= 15 is 0 Å². The molecule has 1 fully saturated rings. The maximum Gasteiger partial charge on any atom is 0.241 e. The fourth-order valence-electron chi connectivity index (χ4n) is 2.30. The maximum atomic E-state index is 12.3. The van der Waals surface area contributed by atoms with Gasteiger partial charge in [0, 0.05) is 18.3 Å². The zero-order valence-electron chi connectivity index (χ0n) is 13.7. The van der Waals surface area contributed by atoms with Crippen LogP contribution in [0.1, 0.15) is 26.7 Å². The molecule has 1 aliphatic rings.